The fourth-order valence-corrected chi connectivity index (χ4v) is 3.93. The molecule has 0 bridgehead atoms. The van der Waals surface area contributed by atoms with Crippen LogP contribution >= 0.6 is 0 Å². The topological polar surface area (TPSA) is 79.0 Å². The third-order valence-electron chi connectivity index (χ3n) is 5.50. The number of carbonyl (C=O) groups excluding carboxylic acids is 3. The standard InChI is InChI=1S/C23H25N3O4/c1-16(27)26-15-21(30-20-12-6-5-11-19(20)26)22(28)24-18-10-4-3-9-17(18)23(29)25-13-7-2-8-14-25/h3-6,9-12,21H,2,7-8,13-15H2,1H3,(H,24,28)/t21-/m1/s1. The van der Waals surface area contributed by atoms with Crippen LogP contribution in [0.25, 0.3) is 0 Å². The molecule has 1 N–H and O–H groups in total. The Morgan fingerprint density at radius 2 is 1.67 bits per heavy atom. The Balaban J connectivity index is 1.53. The predicted molar refractivity (Wildman–Crippen MR) is 114 cm³/mol. The van der Waals surface area contributed by atoms with Crippen molar-refractivity contribution in [2.75, 3.05) is 29.9 Å². The molecule has 2 aliphatic rings. The van der Waals surface area contributed by atoms with E-state index in [0.717, 1.165) is 32.4 Å². The van der Waals surface area contributed by atoms with Gasteiger partial charge in [-0.1, -0.05) is 24.3 Å². The minimum absolute atomic E-state index is 0.0779. The molecule has 0 radical (unpaired) electrons. The summed E-state index contributed by atoms with van der Waals surface area (Å²) in [7, 11) is 0. The molecule has 0 aliphatic carbocycles. The van der Waals surface area contributed by atoms with E-state index in [1.54, 1.807) is 42.5 Å². The molecule has 2 aromatic carbocycles. The lowest BCUT2D eigenvalue weighted by molar-refractivity contribution is -0.123. The number of piperidine rings is 1. The number of benzene rings is 2. The molecule has 7 nitrogen and oxygen atoms in total. The molecule has 7 heteroatoms. The highest BCUT2D eigenvalue weighted by molar-refractivity contribution is 6.05. The Morgan fingerprint density at radius 1 is 0.967 bits per heavy atom. The molecule has 2 aliphatic heterocycles. The number of ether oxygens (including phenoxy) is 1. The van der Waals surface area contributed by atoms with Gasteiger partial charge in [0.15, 0.2) is 6.10 Å². The van der Waals surface area contributed by atoms with Crippen LogP contribution in [-0.2, 0) is 9.59 Å². The summed E-state index contributed by atoms with van der Waals surface area (Å²) in [4.78, 5) is 41.4. The number of para-hydroxylation sites is 3. The molecule has 1 saturated heterocycles. The molecule has 0 saturated carbocycles. The van der Waals surface area contributed by atoms with Crippen molar-refractivity contribution in [1.82, 2.24) is 4.90 Å². The third-order valence-corrected chi connectivity index (χ3v) is 5.50. The van der Waals surface area contributed by atoms with Gasteiger partial charge >= 0.3 is 0 Å². The minimum Gasteiger partial charge on any atom is -0.476 e. The van der Waals surface area contributed by atoms with Crippen LogP contribution in [0.5, 0.6) is 5.75 Å². The number of amides is 3. The molecule has 156 valence electrons. The Hall–Kier alpha value is -3.35. The minimum atomic E-state index is -0.873. The van der Waals surface area contributed by atoms with E-state index in [-0.39, 0.29) is 18.4 Å². The number of hydrogen-bond acceptors (Lipinski definition) is 4. The van der Waals surface area contributed by atoms with Crippen molar-refractivity contribution >= 4 is 29.1 Å². The monoisotopic (exact) mass is 407 g/mol. The second-order valence-corrected chi connectivity index (χ2v) is 7.59. The summed E-state index contributed by atoms with van der Waals surface area (Å²) in [6.45, 7) is 3.04. The maximum absolute atomic E-state index is 13.0. The second kappa shape index (κ2) is 8.57. The van der Waals surface area contributed by atoms with E-state index in [1.807, 2.05) is 11.0 Å². The number of rotatable bonds is 3. The lowest BCUT2D eigenvalue weighted by Crippen LogP contribution is -2.48. The van der Waals surface area contributed by atoms with Crippen LogP contribution in [-0.4, -0.2) is 48.4 Å². The second-order valence-electron chi connectivity index (χ2n) is 7.59. The summed E-state index contributed by atoms with van der Waals surface area (Å²) in [5.41, 5.74) is 1.57. The molecular weight excluding hydrogens is 382 g/mol. The smallest absolute Gasteiger partial charge is 0.267 e. The predicted octanol–water partition coefficient (Wildman–Crippen LogP) is 3.07. The Kier molecular flexibility index (Phi) is 5.70. The average Bonchev–Trinajstić information content (AvgIpc) is 2.78. The molecule has 0 unspecified atom stereocenters. The van der Waals surface area contributed by atoms with Crippen molar-refractivity contribution in [1.29, 1.82) is 0 Å². The normalized spacial score (nSPS) is 18.2. The van der Waals surface area contributed by atoms with Gasteiger partial charge in [-0.25, -0.2) is 0 Å². The number of fused-ring (bicyclic) bond motifs is 1. The van der Waals surface area contributed by atoms with Crippen molar-refractivity contribution in [3.8, 4) is 5.75 Å². The summed E-state index contributed by atoms with van der Waals surface area (Å²) in [5.74, 6) is -0.151. The van der Waals surface area contributed by atoms with Crippen LogP contribution in [0.2, 0.25) is 0 Å². The van der Waals surface area contributed by atoms with Gasteiger partial charge in [-0.15, -0.1) is 0 Å². The van der Waals surface area contributed by atoms with E-state index in [1.165, 1.54) is 11.8 Å². The van der Waals surface area contributed by atoms with Gasteiger partial charge in [-0.2, -0.15) is 0 Å². The quantitative estimate of drug-likeness (QED) is 0.848. The number of nitrogens with zero attached hydrogens (tertiary/aromatic N) is 2. The first kappa shape index (κ1) is 19.9. The molecule has 30 heavy (non-hydrogen) atoms. The van der Waals surface area contributed by atoms with Crippen molar-refractivity contribution in [2.24, 2.45) is 0 Å². The first-order valence-corrected chi connectivity index (χ1v) is 10.3. The number of nitrogens with one attached hydrogen (secondary N) is 1. The maximum atomic E-state index is 13.0. The molecule has 1 atom stereocenters. The number of anilines is 2. The van der Waals surface area contributed by atoms with Crippen LogP contribution < -0.4 is 15.0 Å². The largest absolute Gasteiger partial charge is 0.476 e. The molecule has 3 amide bonds. The molecule has 4 rings (SSSR count). The van der Waals surface area contributed by atoms with Crippen LogP contribution in [0.1, 0.15) is 36.5 Å². The van der Waals surface area contributed by atoms with E-state index in [4.69, 9.17) is 4.74 Å². The zero-order chi connectivity index (χ0) is 21.1. The van der Waals surface area contributed by atoms with E-state index < -0.39 is 12.0 Å². The summed E-state index contributed by atoms with van der Waals surface area (Å²) in [6, 6.07) is 14.2. The van der Waals surface area contributed by atoms with Crippen molar-refractivity contribution in [3.05, 3.63) is 54.1 Å². The highest BCUT2D eigenvalue weighted by atomic mass is 16.5. The fourth-order valence-electron chi connectivity index (χ4n) is 3.93. The zero-order valence-corrected chi connectivity index (χ0v) is 17.0. The van der Waals surface area contributed by atoms with Gasteiger partial charge in [0.1, 0.15) is 5.75 Å². The number of likely N-dealkylation sites (tertiary alicyclic amines) is 1. The fraction of sp³-hybridized carbons (Fsp3) is 0.348. The summed E-state index contributed by atoms with van der Waals surface area (Å²) >= 11 is 0. The van der Waals surface area contributed by atoms with Crippen molar-refractivity contribution in [3.63, 3.8) is 0 Å². The molecule has 0 aromatic heterocycles. The van der Waals surface area contributed by atoms with Crippen LogP contribution in [0, 0.1) is 0 Å². The van der Waals surface area contributed by atoms with Gasteiger partial charge < -0.3 is 19.9 Å². The van der Waals surface area contributed by atoms with Crippen LogP contribution in [0.3, 0.4) is 0 Å². The average molecular weight is 407 g/mol. The van der Waals surface area contributed by atoms with E-state index in [0.29, 0.717) is 22.7 Å². The number of carbonyl (C=O) groups is 3. The van der Waals surface area contributed by atoms with E-state index in [2.05, 4.69) is 5.32 Å². The van der Waals surface area contributed by atoms with Gasteiger partial charge in [0.25, 0.3) is 11.8 Å². The molecular formula is C23H25N3O4. The van der Waals surface area contributed by atoms with Gasteiger partial charge in [0.2, 0.25) is 5.91 Å². The highest BCUT2D eigenvalue weighted by Gasteiger charge is 2.33. The Labute approximate surface area is 175 Å². The first-order chi connectivity index (χ1) is 14.5. The van der Waals surface area contributed by atoms with Crippen LogP contribution in [0.15, 0.2) is 48.5 Å². The van der Waals surface area contributed by atoms with Crippen molar-refractivity contribution in [2.45, 2.75) is 32.3 Å². The van der Waals surface area contributed by atoms with Gasteiger partial charge in [0.05, 0.1) is 23.5 Å². The molecule has 1 fully saturated rings. The van der Waals surface area contributed by atoms with Gasteiger partial charge in [-0.3, -0.25) is 14.4 Å². The molecule has 2 heterocycles. The van der Waals surface area contributed by atoms with Crippen molar-refractivity contribution < 1.29 is 19.1 Å². The van der Waals surface area contributed by atoms with Gasteiger partial charge in [0, 0.05) is 20.0 Å². The lowest BCUT2D eigenvalue weighted by Gasteiger charge is -2.33. The Morgan fingerprint density at radius 3 is 2.43 bits per heavy atom. The maximum Gasteiger partial charge on any atom is 0.267 e. The highest BCUT2D eigenvalue weighted by Crippen LogP contribution is 2.33. The van der Waals surface area contributed by atoms with E-state index in [9.17, 15) is 14.4 Å². The number of hydrogen-bond donors (Lipinski definition) is 1. The SMILES string of the molecule is CC(=O)N1C[C@H](C(=O)Nc2ccccc2C(=O)N2CCCCC2)Oc2ccccc21. The zero-order valence-electron chi connectivity index (χ0n) is 17.0. The van der Waals surface area contributed by atoms with Crippen LogP contribution in [0.4, 0.5) is 11.4 Å². The summed E-state index contributed by atoms with van der Waals surface area (Å²) in [6.07, 6.45) is 2.25. The summed E-state index contributed by atoms with van der Waals surface area (Å²) in [5, 5.41) is 2.84. The third kappa shape index (κ3) is 4.01. The van der Waals surface area contributed by atoms with Gasteiger partial charge in [-0.05, 0) is 43.5 Å². The molecule has 2 aromatic rings. The first-order valence-electron chi connectivity index (χ1n) is 10.3. The van der Waals surface area contributed by atoms with E-state index >= 15 is 0 Å². The molecule has 0 spiro atoms. The lowest BCUT2D eigenvalue weighted by atomic mass is 10.1. The Bertz CT molecular complexity index is 968. The summed E-state index contributed by atoms with van der Waals surface area (Å²) < 4.78 is 5.86.